The smallest absolute Gasteiger partial charge is 0.435 e. The number of para-hydroxylation sites is 1. The van der Waals surface area contributed by atoms with Gasteiger partial charge in [0.05, 0.1) is 11.3 Å². The number of amides is 1. The summed E-state index contributed by atoms with van der Waals surface area (Å²) in [4.78, 5) is 12.5. The van der Waals surface area contributed by atoms with Gasteiger partial charge in [-0.2, -0.15) is 31.4 Å². The van der Waals surface area contributed by atoms with E-state index in [1.807, 2.05) is 0 Å². The molecule has 1 aromatic heterocycles. The number of halogens is 7. The molecule has 0 aliphatic carbocycles. The Morgan fingerprint density at radius 1 is 1.00 bits per heavy atom. The third-order valence-electron chi connectivity index (χ3n) is 4.00. The highest BCUT2D eigenvalue weighted by molar-refractivity contribution is 9.09. The lowest BCUT2D eigenvalue weighted by Crippen LogP contribution is -2.14. The molecule has 0 aliphatic rings. The lowest BCUT2D eigenvalue weighted by molar-refractivity contribution is -0.143. The van der Waals surface area contributed by atoms with Crippen molar-refractivity contribution in [2.45, 2.75) is 12.4 Å². The fourth-order valence-electron chi connectivity index (χ4n) is 2.64. The Morgan fingerprint density at radius 3 is 2.23 bits per heavy atom. The number of hydrogen-bond donors (Lipinski definition) is 1. The molecule has 3 rings (SSSR count). The van der Waals surface area contributed by atoms with Crippen molar-refractivity contribution in [1.29, 1.82) is 0 Å². The number of carbonyl (C=O) groups is 1. The fourth-order valence-corrected chi connectivity index (χ4v) is 2.89. The molecule has 31 heavy (non-hydrogen) atoms. The van der Waals surface area contributed by atoms with Gasteiger partial charge in [0.25, 0.3) is 5.91 Å². The van der Waals surface area contributed by atoms with Crippen LogP contribution in [0.1, 0.15) is 21.7 Å². The first kappa shape index (κ1) is 22.7. The minimum atomic E-state index is -5.05. The molecule has 0 spiro atoms. The van der Waals surface area contributed by atoms with Crippen molar-refractivity contribution < 1.29 is 35.9 Å². The van der Waals surface area contributed by atoms with E-state index in [9.17, 15) is 31.1 Å². The highest BCUT2D eigenvalue weighted by Gasteiger charge is 2.42. The maximum atomic E-state index is 13.2. The minimum Gasteiger partial charge on any atom is -0.482 e. The van der Waals surface area contributed by atoms with Gasteiger partial charge in [-0.1, -0.05) is 12.1 Å². The highest BCUT2D eigenvalue weighted by Crippen LogP contribution is 2.36. The van der Waals surface area contributed by atoms with Crippen LogP contribution in [0.25, 0.3) is 5.69 Å². The van der Waals surface area contributed by atoms with Crippen LogP contribution in [0.5, 0.6) is 5.75 Å². The number of rotatable bonds is 5. The fraction of sp³-hybridized carbons (Fsp3) is 0.158. The number of nitrogens with one attached hydrogen (secondary N) is 1. The summed E-state index contributed by atoms with van der Waals surface area (Å²) in [5.74, 6) is -0.238. The van der Waals surface area contributed by atoms with Gasteiger partial charge in [-0.15, -0.1) is 0 Å². The summed E-state index contributed by atoms with van der Waals surface area (Å²) in [5, 5.41) is 5.60. The second kappa shape index (κ2) is 8.61. The molecule has 0 aliphatic heterocycles. The van der Waals surface area contributed by atoms with Crippen molar-refractivity contribution in [3.8, 4) is 11.4 Å². The lowest BCUT2D eigenvalue weighted by atomic mass is 10.2. The van der Waals surface area contributed by atoms with E-state index in [0.717, 1.165) is 12.1 Å². The average molecular weight is 508 g/mol. The summed E-state index contributed by atoms with van der Waals surface area (Å²) in [7, 11) is 0. The summed E-state index contributed by atoms with van der Waals surface area (Å²) in [6.45, 7) is 0. The van der Waals surface area contributed by atoms with Gasteiger partial charge in [-0.25, -0.2) is 4.68 Å². The van der Waals surface area contributed by atoms with Gasteiger partial charge in [0.2, 0.25) is 0 Å². The van der Waals surface area contributed by atoms with Crippen LogP contribution in [-0.2, 0) is 12.4 Å². The zero-order valence-corrected chi connectivity index (χ0v) is 16.8. The standard InChI is InChI=1S/C19H12BrF6N3O2/c20-10-31-14-4-2-1-3-13(14)17(30)27-11-5-7-12(8-6-11)29-16(19(24,25)26)9-15(28-29)18(21,22)23/h1-9H,10H2,(H,27,30). The molecule has 1 amide bonds. The molecular formula is C19H12BrF6N3O2. The summed E-state index contributed by atoms with van der Waals surface area (Å²) >= 11 is 3.09. The normalized spacial score (nSPS) is 12.0. The maximum absolute atomic E-state index is 13.2. The molecular weight excluding hydrogens is 496 g/mol. The molecule has 0 saturated carbocycles. The maximum Gasteiger partial charge on any atom is 0.435 e. The van der Waals surface area contributed by atoms with E-state index in [0.29, 0.717) is 5.75 Å². The number of carbonyl (C=O) groups excluding carboxylic acids is 1. The number of ether oxygens (including phenoxy) is 1. The van der Waals surface area contributed by atoms with Gasteiger partial charge in [0.1, 0.15) is 17.0 Å². The van der Waals surface area contributed by atoms with Crippen LogP contribution in [0.15, 0.2) is 54.6 Å². The molecule has 0 saturated heterocycles. The first-order chi connectivity index (χ1) is 14.5. The monoisotopic (exact) mass is 507 g/mol. The van der Waals surface area contributed by atoms with E-state index in [1.165, 1.54) is 18.2 Å². The van der Waals surface area contributed by atoms with Gasteiger partial charge in [0.15, 0.2) is 5.69 Å². The molecule has 1 N–H and O–H groups in total. The third kappa shape index (κ3) is 5.19. The number of nitrogens with zero attached hydrogens (tertiary/aromatic N) is 2. The van der Waals surface area contributed by atoms with Gasteiger partial charge < -0.3 is 10.1 Å². The number of aromatic nitrogens is 2. The SMILES string of the molecule is O=C(Nc1ccc(-n2nc(C(F)(F)F)cc2C(F)(F)F)cc1)c1ccccc1OCBr. The number of alkyl halides is 7. The number of benzene rings is 2. The second-order valence-electron chi connectivity index (χ2n) is 6.07. The molecule has 0 bridgehead atoms. The van der Waals surface area contributed by atoms with Crippen molar-refractivity contribution >= 4 is 27.5 Å². The van der Waals surface area contributed by atoms with Gasteiger partial charge in [-0.05, 0) is 52.3 Å². The van der Waals surface area contributed by atoms with Gasteiger partial charge in [-0.3, -0.25) is 4.79 Å². The van der Waals surface area contributed by atoms with E-state index in [1.54, 1.807) is 18.2 Å². The average Bonchev–Trinajstić information content (AvgIpc) is 3.16. The number of anilines is 1. The van der Waals surface area contributed by atoms with Crippen molar-refractivity contribution in [2.75, 3.05) is 10.8 Å². The van der Waals surface area contributed by atoms with Crippen LogP contribution < -0.4 is 10.1 Å². The van der Waals surface area contributed by atoms with E-state index in [-0.39, 0.29) is 33.2 Å². The molecule has 0 radical (unpaired) electrons. The van der Waals surface area contributed by atoms with Crippen LogP contribution in [0, 0.1) is 0 Å². The lowest BCUT2D eigenvalue weighted by Gasteiger charge is -2.12. The molecule has 0 atom stereocenters. The van der Waals surface area contributed by atoms with Crippen LogP contribution in [0.4, 0.5) is 32.0 Å². The predicted octanol–water partition coefficient (Wildman–Crippen LogP) is 5.89. The largest absolute Gasteiger partial charge is 0.482 e. The Labute approximate surface area is 179 Å². The molecule has 1 heterocycles. The molecule has 0 fully saturated rings. The Hall–Kier alpha value is -3.02. The van der Waals surface area contributed by atoms with Crippen LogP contribution in [0.2, 0.25) is 0 Å². The summed E-state index contributed by atoms with van der Waals surface area (Å²) in [5.41, 5.74) is -2.93. The predicted molar refractivity (Wildman–Crippen MR) is 102 cm³/mol. The van der Waals surface area contributed by atoms with Crippen molar-refractivity contribution in [2.24, 2.45) is 0 Å². The van der Waals surface area contributed by atoms with Crippen LogP contribution in [0.3, 0.4) is 0 Å². The number of hydrogen-bond acceptors (Lipinski definition) is 3. The summed E-state index contributed by atoms with van der Waals surface area (Å²) in [6.07, 6.45) is -10.1. The topological polar surface area (TPSA) is 56.2 Å². The highest BCUT2D eigenvalue weighted by atomic mass is 79.9. The molecule has 2 aromatic carbocycles. The Bertz CT molecular complexity index is 1080. The first-order valence-electron chi connectivity index (χ1n) is 8.44. The molecule has 164 valence electrons. The molecule has 0 unspecified atom stereocenters. The molecule has 12 heteroatoms. The Morgan fingerprint density at radius 2 is 1.65 bits per heavy atom. The Kier molecular flexibility index (Phi) is 6.30. The van der Waals surface area contributed by atoms with Crippen molar-refractivity contribution in [3.05, 3.63) is 71.5 Å². The van der Waals surface area contributed by atoms with Crippen molar-refractivity contribution in [1.82, 2.24) is 9.78 Å². The van der Waals surface area contributed by atoms with E-state index >= 15 is 0 Å². The van der Waals surface area contributed by atoms with Gasteiger partial charge >= 0.3 is 12.4 Å². The van der Waals surface area contributed by atoms with Gasteiger partial charge in [0, 0.05) is 11.8 Å². The first-order valence-corrected chi connectivity index (χ1v) is 9.57. The van der Waals surface area contributed by atoms with Crippen LogP contribution in [-0.4, -0.2) is 21.2 Å². The zero-order valence-electron chi connectivity index (χ0n) is 15.3. The second-order valence-corrected chi connectivity index (χ2v) is 6.53. The molecule has 3 aromatic rings. The molecule has 5 nitrogen and oxygen atoms in total. The van der Waals surface area contributed by atoms with E-state index < -0.39 is 29.6 Å². The van der Waals surface area contributed by atoms with E-state index in [4.69, 9.17) is 4.74 Å². The minimum absolute atomic E-state index is 0.0590. The third-order valence-corrected chi connectivity index (χ3v) is 4.23. The van der Waals surface area contributed by atoms with Crippen LogP contribution >= 0.6 is 15.9 Å². The summed E-state index contributed by atoms with van der Waals surface area (Å²) in [6, 6.07) is 11.0. The van der Waals surface area contributed by atoms with Crippen molar-refractivity contribution in [3.63, 3.8) is 0 Å². The summed E-state index contributed by atoms with van der Waals surface area (Å²) < 4.78 is 83.5. The van der Waals surface area contributed by atoms with E-state index in [2.05, 4.69) is 26.3 Å². The Balaban J connectivity index is 1.88. The quantitative estimate of drug-likeness (QED) is 0.346. The zero-order chi connectivity index (χ0) is 22.8.